The van der Waals surface area contributed by atoms with Gasteiger partial charge in [0.15, 0.2) is 16.8 Å². The highest BCUT2D eigenvalue weighted by molar-refractivity contribution is 7.22. The summed E-state index contributed by atoms with van der Waals surface area (Å²) in [5.41, 5.74) is 2.11. The van der Waals surface area contributed by atoms with Gasteiger partial charge in [-0.15, -0.1) is 10.2 Å². The van der Waals surface area contributed by atoms with Crippen molar-refractivity contribution in [1.29, 1.82) is 0 Å². The van der Waals surface area contributed by atoms with Crippen molar-refractivity contribution < 1.29 is 4.79 Å². The molecule has 1 saturated heterocycles. The maximum absolute atomic E-state index is 12.7. The first-order valence-corrected chi connectivity index (χ1v) is 10.6. The monoisotopic (exact) mass is 420 g/mol. The minimum Gasteiger partial charge on any atom is -0.355 e. The van der Waals surface area contributed by atoms with Crippen LogP contribution in [0.4, 0.5) is 10.9 Å². The number of nitrogens with zero attached hydrogens (tertiary/aromatic N) is 7. The number of anilines is 2. The van der Waals surface area contributed by atoms with Gasteiger partial charge in [-0.25, -0.2) is 14.6 Å². The molecule has 0 saturated carbocycles. The van der Waals surface area contributed by atoms with Crippen LogP contribution in [0.5, 0.6) is 0 Å². The maximum atomic E-state index is 12.7. The number of aromatic nitrogens is 6. The highest BCUT2D eigenvalue weighted by Gasteiger charge is 2.26. The summed E-state index contributed by atoms with van der Waals surface area (Å²) in [6, 6.07) is 9.91. The number of benzene rings is 1. The first-order chi connectivity index (χ1) is 14.7. The van der Waals surface area contributed by atoms with Crippen LogP contribution < -0.4 is 10.2 Å². The molecule has 1 aliphatic rings. The quantitative estimate of drug-likeness (QED) is 0.542. The van der Waals surface area contributed by atoms with Gasteiger partial charge in [0.25, 0.3) is 0 Å². The van der Waals surface area contributed by atoms with Crippen molar-refractivity contribution in [3.8, 4) is 5.82 Å². The third-order valence-electron chi connectivity index (χ3n) is 5.25. The Morgan fingerprint density at radius 3 is 2.67 bits per heavy atom. The zero-order valence-corrected chi connectivity index (χ0v) is 17.2. The lowest BCUT2D eigenvalue weighted by Crippen LogP contribution is -2.38. The second kappa shape index (κ2) is 7.79. The van der Waals surface area contributed by atoms with E-state index in [0.29, 0.717) is 10.9 Å². The van der Waals surface area contributed by atoms with Crippen molar-refractivity contribution in [2.45, 2.75) is 19.8 Å². The number of thiazole rings is 1. The summed E-state index contributed by atoms with van der Waals surface area (Å²) < 4.78 is 2.66. The Morgan fingerprint density at radius 1 is 1.13 bits per heavy atom. The Hall–Kier alpha value is -3.40. The lowest BCUT2D eigenvalue weighted by atomic mass is 9.96. The number of hydrogen-bond acceptors (Lipinski definition) is 8. The average molecular weight is 421 g/mol. The number of nitrogens with one attached hydrogen (secondary N) is 1. The van der Waals surface area contributed by atoms with Crippen LogP contribution in [0.25, 0.3) is 16.0 Å². The van der Waals surface area contributed by atoms with Crippen LogP contribution in [-0.2, 0) is 4.79 Å². The van der Waals surface area contributed by atoms with Crippen molar-refractivity contribution in [3.05, 3.63) is 48.5 Å². The SMILES string of the molecule is Cc1ccc2nc(NC(=O)C3CCN(c4ccc(-n5cncn5)nn4)CC3)sc2c1. The van der Waals surface area contributed by atoms with Gasteiger partial charge in [-0.1, -0.05) is 17.4 Å². The zero-order valence-electron chi connectivity index (χ0n) is 16.4. The Labute approximate surface area is 176 Å². The Balaban J connectivity index is 1.19. The predicted octanol–water partition coefficient (Wildman–Crippen LogP) is 2.83. The molecule has 0 unspecified atom stereocenters. The van der Waals surface area contributed by atoms with Gasteiger partial charge in [0.2, 0.25) is 5.91 Å². The number of carbonyl (C=O) groups excluding carboxylic acids is 1. The van der Waals surface area contributed by atoms with Crippen LogP contribution in [0.15, 0.2) is 43.0 Å². The van der Waals surface area contributed by atoms with E-state index in [4.69, 9.17) is 0 Å². The van der Waals surface area contributed by atoms with Crippen molar-refractivity contribution in [3.63, 3.8) is 0 Å². The molecule has 0 atom stereocenters. The highest BCUT2D eigenvalue weighted by Crippen LogP contribution is 2.28. The third-order valence-corrected chi connectivity index (χ3v) is 6.19. The Kier molecular flexibility index (Phi) is 4.83. The predicted molar refractivity (Wildman–Crippen MR) is 115 cm³/mol. The number of rotatable bonds is 4. The zero-order chi connectivity index (χ0) is 20.5. The molecule has 4 heterocycles. The molecule has 1 N–H and O–H groups in total. The summed E-state index contributed by atoms with van der Waals surface area (Å²) in [4.78, 5) is 23.3. The van der Waals surface area contributed by atoms with E-state index >= 15 is 0 Å². The molecule has 0 spiro atoms. The molecule has 0 bridgehead atoms. The summed E-state index contributed by atoms with van der Waals surface area (Å²) in [5.74, 6) is 1.44. The first-order valence-electron chi connectivity index (χ1n) is 9.77. The van der Waals surface area contributed by atoms with Gasteiger partial charge in [0.1, 0.15) is 12.7 Å². The van der Waals surface area contributed by atoms with Gasteiger partial charge >= 0.3 is 0 Å². The second-order valence-electron chi connectivity index (χ2n) is 7.33. The third kappa shape index (κ3) is 3.73. The molecule has 152 valence electrons. The number of amides is 1. The van der Waals surface area contributed by atoms with Gasteiger partial charge in [-0.05, 0) is 49.6 Å². The van der Waals surface area contributed by atoms with E-state index in [-0.39, 0.29) is 11.8 Å². The minimum absolute atomic E-state index is 0.0302. The van der Waals surface area contributed by atoms with Crippen LogP contribution in [0.2, 0.25) is 0 Å². The van der Waals surface area contributed by atoms with Crippen LogP contribution in [0, 0.1) is 12.8 Å². The smallest absolute Gasteiger partial charge is 0.229 e. The van der Waals surface area contributed by atoms with Gasteiger partial charge in [-0.3, -0.25) is 4.79 Å². The molecule has 0 radical (unpaired) electrons. The lowest BCUT2D eigenvalue weighted by molar-refractivity contribution is -0.120. The van der Waals surface area contributed by atoms with Gasteiger partial charge in [0.05, 0.1) is 10.2 Å². The molecule has 5 rings (SSSR count). The van der Waals surface area contributed by atoms with Gasteiger partial charge in [0, 0.05) is 19.0 Å². The van der Waals surface area contributed by atoms with Crippen LogP contribution >= 0.6 is 11.3 Å². The second-order valence-corrected chi connectivity index (χ2v) is 8.36. The number of carbonyl (C=O) groups is 1. The molecule has 1 amide bonds. The molecule has 4 aromatic rings. The van der Waals surface area contributed by atoms with E-state index in [1.165, 1.54) is 23.2 Å². The van der Waals surface area contributed by atoms with Crippen LogP contribution in [-0.4, -0.2) is 48.9 Å². The molecular formula is C20H20N8OS. The molecule has 10 heteroatoms. The molecular weight excluding hydrogens is 400 g/mol. The number of fused-ring (bicyclic) bond motifs is 1. The van der Waals surface area contributed by atoms with Crippen LogP contribution in [0.3, 0.4) is 0 Å². The molecule has 3 aromatic heterocycles. The topological polar surface area (TPSA) is 102 Å². The molecule has 1 aromatic carbocycles. The molecule has 30 heavy (non-hydrogen) atoms. The molecule has 0 aliphatic carbocycles. The summed E-state index contributed by atoms with van der Waals surface area (Å²) >= 11 is 1.52. The van der Waals surface area contributed by atoms with Crippen molar-refractivity contribution in [2.24, 2.45) is 5.92 Å². The summed E-state index contributed by atoms with van der Waals surface area (Å²) in [7, 11) is 0. The minimum atomic E-state index is -0.0302. The molecule has 9 nitrogen and oxygen atoms in total. The van der Waals surface area contributed by atoms with E-state index in [2.05, 4.69) is 48.5 Å². The number of aryl methyl sites for hydroxylation is 1. The van der Waals surface area contributed by atoms with Crippen molar-refractivity contribution in [2.75, 3.05) is 23.3 Å². The summed E-state index contributed by atoms with van der Waals surface area (Å²) in [5, 5.41) is 16.2. The highest BCUT2D eigenvalue weighted by atomic mass is 32.1. The Morgan fingerprint density at radius 2 is 1.93 bits per heavy atom. The van der Waals surface area contributed by atoms with Crippen molar-refractivity contribution in [1.82, 2.24) is 29.9 Å². The van der Waals surface area contributed by atoms with Gasteiger partial charge < -0.3 is 10.2 Å². The lowest BCUT2D eigenvalue weighted by Gasteiger charge is -2.31. The summed E-state index contributed by atoms with van der Waals surface area (Å²) in [6.07, 6.45) is 4.58. The summed E-state index contributed by atoms with van der Waals surface area (Å²) in [6.45, 7) is 3.57. The molecule has 1 aliphatic heterocycles. The van der Waals surface area contributed by atoms with E-state index < -0.39 is 0 Å². The van der Waals surface area contributed by atoms with Crippen LogP contribution in [0.1, 0.15) is 18.4 Å². The van der Waals surface area contributed by atoms with Crippen molar-refractivity contribution >= 4 is 38.4 Å². The van der Waals surface area contributed by atoms with E-state index in [1.54, 1.807) is 11.0 Å². The van der Waals surface area contributed by atoms with E-state index in [9.17, 15) is 4.79 Å². The standard InChI is InChI=1S/C20H20N8OS/c1-13-2-3-15-16(10-13)30-20(23-15)24-19(29)14-6-8-27(9-7-14)17-4-5-18(26-25-17)28-12-21-11-22-28/h2-5,10-12,14H,6-9H2,1H3,(H,23,24,29). The largest absolute Gasteiger partial charge is 0.355 e. The van der Waals surface area contributed by atoms with E-state index in [0.717, 1.165) is 42.0 Å². The van der Waals surface area contributed by atoms with E-state index in [1.807, 2.05) is 24.3 Å². The molecule has 1 fully saturated rings. The first kappa shape index (κ1) is 18.6. The fourth-order valence-electron chi connectivity index (χ4n) is 3.60. The Bertz CT molecular complexity index is 1160. The maximum Gasteiger partial charge on any atom is 0.229 e. The normalized spacial score (nSPS) is 14.9. The number of piperidine rings is 1. The fraction of sp³-hybridized carbons (Fsp3) is 0.300. The number of hydrogen-bond donors (Lipinski definition) is 1. The average Bonchev–Trinajstić information content (AvgIpc) is 3.43. The fourth-order valence-corrected chi connectivity index (χ4v) is 4.57. The van der Waals surface area contributed by atoms with Gasteiger partial charge in [-0.2, -0.15) is 5.10 Å².